The van der Waals surface area contributed by atoms with Gasteiger partial charge < -0.3 is 9.64 Å². The van der Waals surface area contributed by atoms with Gasteiger partial charge in [0.05, 0.1) is 11.6 Å². The highest BCUT2D eigenvalue weighted by Crippen LogP contribution is 2.45. The monoisotopic (exact) mass is 526 g/mol. The normalized spacial score (nSPS) is 13.5. The Bertz CT molecular complexity index is 1340. The zero-order chi connectivity index (χ0) is 26.9. The summed E-state index contributed by atoms with van der Waals surface area (Å²) in [6.45, 7) is 2.77. The molecule has 1 amide bonds. The molecule has 0 fully saturated rings. The minimum absolute atomic E-state index is 0.0102. The molecule has 0 saturated carbocycles. The Balaban J connectivity index is 1.51. The second kappa shape index (κ2) is 13.3. The summed E-state index contributed by atoms with van der Waals surface area (Å²) in [5, 5.41) is 0.819. The topological polar surface area (TPSA) is 42.4 Å². The average molecular weight is 527 g/mol. The number of benzene rings is 2. The van der Waals surface area contributed by atoms with E-state index in [1.165, 1.54) is 16.7 Å². The van der Waals surface area contributed by atoms with Crippen molar-refractivity contribution in [2.75, 3.05) is 20.7 Å². The van der Waals surface area contributed by atoms with Crippen molar-refractivity contribution in [1.82, 2.24) is 9.88 Å². The number of fused-ring (bicyclic) bond motifs is 1. The zero-order valence-corrected chi connectivity index (χ0v) is 23.2. The van der Waals surface area contributed by atoms with Crippen LogP contribution in [0.3, 0.4) is 0 Å². The molecule has 1 aliphatic carbocycles. The summed E-state index contributed by atoms with van der Waals surface area (Å²) in [4.78, 5) is 17.8. The predicted molar refractivity (Wildman–Crippen MR) is 158 cm³/mol. The van der Waals surface area contributed by atoms with Crippen LogP contribution in [0.15, 0.2) is 90.7 Å². The minimum atomic E-state index is 0.0102. The minimum Gasteiger partial charge on any atom is -0.478 e. The predicted octanol–water partition coefficient (Wildman–Crippen LogP) is 7.80. The Morgan fingerprint density at radius 3 is 2.45 bits per heavy atom. The maximum absolute atomic E-state index is 11.6. The number of allylic oxidation sites excluding steroid dienone is 4. The molecule has 0 atom stereocenters. The number of likely N-dealkylation sites (N-methyl/N-ethyl adjacent to an activating group) is 1. The van der Waals surface area contributed by atoms with Crippen molar-refractivity contribution in [2.24, 2.45) is 0 Å². The molecule has 0 saturated heterocycles. The highest BCUT2D eigenvalue weighted by atomic mass is 35.5. The van der Waals surface area contributed by atoms with Crippen molar-refractivity contribution in [3.63, 3.8) is 0 Å². The lowest BCUT2D eigenvalue weighted by molar-refractivity contribution is -0.123. The summed E-state index contributed by atoms with van der Waals surface area (Å²) in [5.74, 6) is 0.620. The van der Waals surface area contributed by atoms with Crippen molar-refractivity contribution < 1.29 is 9.53 Å². The molecule has 38 heavy (non-hydrogen) atoms. The molecule has 0 radical (unpaired) electrons. The lowest BCUT2D eigenvalue weighted by Gasteiger charge is -2.18. The number of unbranched alkanes of at least 4 members (excludes halogenated alkanes) is 2. The van der Waals surface area contributed by atoms with E-state index in [-0.39, 0.29) is 5.91 Å². The number of halogens is 1. The fourth-order valence-electron chi connectivity index (χ4n) is 4.70. The molecule has 1 heterocycles. The number of carbonyl (C=O) groups is 1. The molecule has 0 aliphatic heterocycles. The van der Waals surface area contributed by atoms with Gasteiger partial charge in [0.2, 0.25) is 11.8 Å². The first-order valence-electron chi connectivity index (χ1n) is 13.2. The number of hydrogen-bond donors (Lipinski definition) is 0. The average Bonchev–Trinajstić information content (AvgIpc) is 3.27. The van der Waals surface area contributed by atoms with Crippen LogP contribution in [0.4, 0.5) is 0 Å². The molecule has 4 rings (SSSR count). The molecule has 0 spiro atoms. The van der Waals surface area contributed by atoms with Crippen LogP contribution >= 0.6 is 11.6 Å². The summed E-state index contributed by atoms with van der Waals surface area (Å²) >= 11 is 7.00. The van der Waals surface area contributed by atoms with Gasteiger partial charge in [0, 0.05) is 38.3 Å². The van der Waals surface area contributed by atoms with E-state index in [4.69, 9.17) is 16.3 Å². The number of amides is 1. The van der Waals surface area contributed by atoms with E-state index in [9.17, 15) is 4.79 Å². The molecule has 3 aromatic rings. The molecule has 1 aromatic heterocycles. The summed E-state index contributed by atoms with van der Waals surface area (Å²) in [6, 6.07) is 22.9. The molecule has 0 N–H and O–H groups in total. The van der Waals surface area contributed by atoms with E-state index < -0.39 is 0 Å². The molecule has 196 valence electrons. The maximum Gasteiger partial charge on any atom is 0.245 e. The van der Waals surface area contributed by atoms with E-state index in [0.29, 0.717) is 12.5 Å². The molecule has 1 aliphatic rings. The van der Waals surface area contributed by atoms with E-state index in [1.807, 2.05) is 30.5 Å². The Kier molecular flexibility index (Phi) is 9.56. The Hall–Kier alpha value is -3.63. The third-order valence-corrected chi connectivity index (χ3v) is 7.14. The van der Waals surface area contributed by atoms with Crippen LogP contribution in [0.25, 0.3) is 16.2 Å². The first-order valence-corrected chi connectivity index (χ1v) is 13.6. The quantitative estimate of drug-likeness (QED) is 0.189. The molecular weight excluding hydrogens is 492 g/mol. The van der Waals surface area contributed by atoms with Crippen molar-refractivity contribution in [3.05, 3.63) is 113 Å². The first-order chi connectivity index (χ1) is 18.5. The van der Waals surface area contributed by atoms with E-state index in [1.54, 1.807) is 25.1 Å². The molecular formula is C33H35ClN2O2. The fraction of sp³-hybridized carbons (Fsp3) is 0.273. The van der Waals surface area contributed by atoms with E-state index in [2.05, 4.69) is 60.4 Å². The lowest BCUT2D eigenvalue weighted by Crippen LogP contribution is -2.18. The van der Waals surface area contributed by atoms with Gasteiger partial charge in [-0.2, -0.15) is 0 Å². The summed E-state index contributed by atoms with van der Waals surface area (Å²) in [5.41, 5.74) is 8.14. The standard InChI is InChI=1S/C33H35ClN2O2/c1-4-27(24-14-8-7-9-15-24)32(29-22-25-16-11-12-17-28(25)33(29)34)26-19-20-30(35-23-26)38-21-13-6-5-10-18-31(37)36(2)3/h7-12,14-20,23H,4-6,13,21-22H2,1-3H3/b18-10+,32-27+. The highest BCUT2D eigenvalue weighted by Gasteiger charge is 2.25. The number of aromatic nitrogens is 1. The summed E-state index contributed by atoms with van der Waals surface area (Å²) < 4.78 is 5.91. The Morgan fingerprint density at radius 1 is 1.00 bits per heavy atom. The van der Waals surface area contributed by atoms with Crippen molar-refractivity contribution in [1.29, 1.82) is 0 Å². The van der Waals surface area contributed by atoms with Gasteiger partial charge in [-0.3, -0.25) is 4.79 Å². The van der Waals surface area contributed by atoms with Crippen LogP contribution in [0.2, 0.25) is 0 Å². The fourth-order valence-corrected chi connectivity index (χ4v) is 5.05. The number of ether oxygens (including phenoxy) is 1. The van der Waals surface area contributed by atoms with Gasteiger partial charge in [-0.05, 0) is 71.2 Å². The van der Waals surface area contributed by atoms with Gasteiger partial charge in [-0.1, -0.05) is 79.2 Å². The SMILES string of the molecule is CC/C(=C(\C1=C(Cl)c2ccccc2C1)c1ccc(OCCCC/C=C/C(=O)N(C)C)nc1)c1ccccc1. The molecule has 5 heteroatoms. The number of rotatable bonds is 11. The smallest absolute Gasteiger partial charge is 0.245 e. The number of pyridine rings is 1. The first kappa shape index (κ1) is 27.4. The number of nitrogens with zero attached hydrogens (tertiary/aromatic N) is 2. The van der Waals surface area contributed by atoms with Crippen LogP contribution in [0.5, 0.6) is 5.88 Å². The number of hydrogen-bond acceptors (Lipinski definition) is 3. The van der Waals surface area contributed by atoms with Gasteiger partial charge in [0.15, 0.2) is 0 Å². The van der Waals surface area contributed by atoms with Crippen LogP contribution in [-0.2, 0) is 11.2 Å². The second-order valence-corrected chi connectivity index (χ2v) is 9.94. The molecule has 2 aromatic carbocycles. The van der Waals surface area contributed by atoms with E-state index in [0.717, 1.165) is 59.4 Å². The molecule has 0 unspecified atom stereocenters. The highest BCUT2D eigenvalue weighted by molar-refractivity contribution is 6.51. The van der Waals surface area contributed by atoms with Gasteiger partial charge in [-0.15, -0.1) is 0 Å². The number of carbonyl (C=O) groups excluding carboxylic acids is 1. The second-order valence-electron chi connectivity index (χ2n) is 9.56. The third kappa shape index (κ3) is 6.62. The Morgan fingerprint density at radius 2 is 1.76 bits per heavy atom. The zero-order valence-electron chi connectivity index (χ0n) is 22.4. The molecule has 4 nitrogen and oxygen atoms in total. The summed E-state index contributed by atoms with van der Waals surface area (Å²) in [7, 11) is 3.50. The molecule has 0 bridgehead atoms. The lowest BCUT2D eigenvalue weighted by atomic mass is 9.88. The largest absolute Gasteiger partial charge is 0.478 e. The van der Waals surface area contributed by atoms with Gasteiger partial charge >= 0.3 is 0 Å². The van der Waals surface area contributed by atoms with Gasteiger partial charge in [0.25, 0.3) is 0 Å². The van der Waals surface area contributed by atoms with Crippen LogP contribution < -0.4 is 4.74 Å². The van der Waals surface area contributed by atoms with Gasteiger partial charge in [0.1, 0.15) is 0 Å². The van der Waals surface area contributed by atoms with Crippen molar-refractivity contribution in [3.8, 4) is 5.88 Å². The van der Waals surface area contributed by atoms with Crippen LogP contribution in [0, 0.1) is 0 Å². The maximum atomic E-state index is 11.6. The third-order valence-electron chi connectivity index (χ3n) is 6.71. The van der Waals surface area contributed by atoms with Crippen molar-refractivity contribution in [2.45, 2.75) is 39.0 Å². The van der Waals surface area contributed by atoms with Crippen LogP contribution in [-0.4, -0.2) is 36.5 Å². The van der Waals surface area contributed by atoms with Gasteiger partial charge in [-0.25, -0.2) is 4.98 Å². The summed E-state index contributed by atoms with van der Waals surface area (Å²) in [6.07, 6.45) is 9.80. The van der Waals surface area contributed by atoms with Crippen LogP contribution in [0.1, 0.15) is 54.9 Å². The van der Waals surface area contributed by atoms with Crippen molar-refractivity contribution >= 4 is 33.7 Å². The van der Waals surface area contributed by atoms with E-state index >= 15 is 0 Å². The Labute approximate surface area is 231 Å².